The van der Waals surface area contributed by atoms with Crippen molar-refractivity contribution in [2.75, 3.05) is 0 Å². The third-order valence-corrected chi connectivity index (χ3v) is 6.03. The van der Waals surface area contributed by atoms with Gasteiger partial charge in [-0.05, 0) is 37.5 Å². The fourth-order valence-electron chi connectivity index (χ4n) is 4.28. The SMILES string of the molecule is Cc1nn(C2CCCCC2)c(O)c1/N=N/C1(C(=O)O)C=CC=C(c2ccccc2O)C1. The van der Waals surface area contributed by atoms with Gasteiger partial charge in [0.25, 0.3) is 0 Å². The number of carboxylic acids is 1. The van der Waals surface area contributed by atoms with Gasteiger partial charge in [-0.1, -0.05) is 49.6 Å². The summed E-state index contributed by atoms with van der Waals surface area (Å²) in [4.78, 5) is 12.2. The van der Waals surface area contributed by atoms with E-state index in [0.717, 1.165) is 25.7 Å². The highest BCUT2D eigenvalue weighted by Gasteiger charge is 2.39. The number of phenols is 1. The first-order valence-electron chi connectivity index (χ1n) is 10.5. The molecule has 1 heterocycles. The van der Waals surface area contributed by atoms with Gasteiger partial charge in [0, 0.05) is 12.0 Å². The second-order valence-corrected chi connectivity index (χ2v) is 8.17. The van der Waals surface area contributed by atoms with Crippen molar-refractivity contribution in [3.63, 3.8) is 0 Å². The molecule has 2 aliphatic carbocycles. The van der Waals surface area contributed by atoms with Crippen LogP contribution in [-0.2, 0) is 4.79 Å². The molecule has 1 fully saturated rings. The fraction of sp³-hybridized carbons (Fsp3) is 0.391. The second-order valence-electron chi connectivity index (χ2n) is 8.17. The summed E-state index contributed by atoms with van der Waals surface area (Å²) in [5.74, 6) is -1.17. The van der Waals surface area contributed by atoms with Gasteiger partial charge in [-0.3, -0.25) is 0 Å². The van der Waals surface area contributed by atoms with Crippen molar-refractivity contribution in [3.8, 4) is 11.6 Å². The average Bonchev–Trinajstić information content (AvgIpc) is 3.06. The maximum Gasteiger partial charge on any atom is 0.337 e. The maximum absolute atomic E-state index is 12.2. The highest BCUT2D eigenvalue weighted by Crippen LogP contribution is 2.40. The van der Waals surface area contributed by atoms with Crippen LogP contribution in [0, 0.1) is 6.92 Å². The van der Waals surface area contributed by atoms with Crippen molar-refractivity contribution in [2.45, 2.75) is 57.0 Å². The summed E-state index contributed by atoms with van der Waals surface area (Å²) in [5, 5.41) is 43.6. The third kappa shape index (κ3) is 3.97. The molecule has 31 heavy (non-hydrogen) atoms. The number of aromatic hydroxyl groups is 2. The largest absolute Gasteiger partial charge is 0.507 e. The number of para-hydroxylation sites is 1. The van der Waals surface area contributed by atoms with Crippen molar-refractivity contribution in [2.24, 2.45) is 10.2 Å². The van der Waals surface area contributed by atoms with Crippen molar-refractivity contribution < 1.29 is 20.1 Å². The minimum atomic E-state index is -1.64. The summed E-state index contributed by atoms with van der Waals surface area (Å²) in [6, 6.07) is 6.89. The Hall–Kier alpha value is -3.42. The zero-order valence-electron chi connectivity index (χ0n) is 17.4. The highest BCUT2D eigenvalue weighted by atomic mass is 16.4. The molecule has 1 atom stereocenters. The van der Waals surface area contributed by atoms with Gasteiger partial charge in [0.1, 0.15) is 5.75 Å². The lowest BCUT2D eigenvalue weighted by Gasteiger charge is -2.25. The highest BCUT2D eigenvalue weighted by molar-refractivity contribution is 5.88. The number of azo groups is 1. The Morgan fingerprint density at radius 2 is 1.94 bits per heavy atom. The molecule has 0 aliphatic heterocycles. The van der Waals surface area contributed by atoms with Crippen LogP contribution >= 0.6 is 0 Å². The van der Waals surface area contributed by atoms with E-state index in [9.17, 15) is 20.1 Å². The fourth-order valence-corrected chi connectivity index (χ4v) is 4.28. The summed E-state index contributed by atoms with van der Waals surface area (Å²) < 4.78 is 1.60. The standard InChI is InChI=1S/C23H26N4O4/c1-15-20(21(29)27(25-15)17-9-3-2-4-10-17)24-26-23(22(30)31)13-7-8-16(14-23)18-11-5-6-12-19(18)28/h5-8,11-13,17,28-29H,2-4,9-10,14H2,1H3,(H,30,31)/b26-24+. The predicted octanol–water partition coefficient (Wildman–Crippen LogP) is 5.06. The van der Waals surface area contributed by atoms with E-state index in [1.807, 2.05) is 0 Å². The number of nitrogens with zero attached hydrogens (tertiary/aromatic N) is 4. The Bertz CT molecular complexity index is 1080. The van der Waals surface area contributed by atoms with Crippen LogP contribution in [0.4, 0.5) is 5.69 Å². The molecule has 162 valence electrons. The van der Waals surface area contributed by atoms with Crippen molar-refractivity contribution in [1.82, 2.24) is 9.78 Å². The molecular formula is C23H26N4O4. The Kier molecular flexibility index (Phi) is 5.63. The summed E-state index contributed by atoms with van der Waals surface area (Å²) in [6.45, 7) is 1.73. The quantitative estimate of drug-likeness (QED) is 0.582. The number of aromatic nitrogens is 2. The van der Waals surface area contributed by atoms with Gasteiger partial charge in [-0.2, -0.15) is 10.2 Å². The number of aryl methyl sites for hydroxylation is 1. The van der Waals surface area contributed by atoms with Crippen LogP contribution in [-0.4, -0.2) is 36.6 Å². The van der Waals surface area contributed by atoms with E-state index in [-0.39, 0.29) is 29.8 Å². The minimum Gasteiger partial charge on any atom is -0.507 e. The molecule has 3 N–H and O–H groups in total. The molecule has 1 unspecified atom stereocenters. The first-order valence-corrected chi connectivity index (χ1v) is 10.5. The molecule has 0 spiro atoms. The third-order valence-electron chi connectivity index (χ3n) is 6.03. The van der Waals surface area contributed by atoms with Crippen LogP contribution in [0.2, 0.25) is 0 Å². The van der Waals surface area contributed by atoms with Crippen LogP contribution in [0.5, 0.6) is 11.6 Å². The smallest absolute Gasteiger partial charge is 0.337 e. The summed E-state index contributed by atoms with van der Waals surface area (Å²) >= 11 is 0. The van der Waals surface area contributed by atoms with E-state index in [4.69, 9.17) is 0 Å². The Morgan fingerprint density at radius 1 is 1.19 bits per heavy atom. The minimum absolute atomic E-state index is 0.0243. The molecular weight excluding hydrogens is 396 g/mol. The number of aliphatic carboxylic acids is 1. The molecule has 0 bridgehead atoms. The lowest BCUT2D eigenvalue weighted by atomic mass is 9.84. The number of hydrogen-bond donors (Lipinski definition) is 3. The van der Waals surface area contributed by atoms with Crippen LogP contribution < -0.4 is 0 Å². The average molecular weight is 422 g/mol. The molecule has 8 nitrogen and oxygen atoms in total. The lowest BCUT2D eigenvalue weighted by Crippen LogP contribution is -2.35. The zero-order valence-corrected chi connectivity index (χ0v) is 17.4. The first-order chi connectivity index (χ1) is 14.9. The molecule has 0 saturated heterocycles. The van der Waals surface area contributed by atoms with Crippen LogP contribution in [0.25, 0.3) is 5.57 Å². The topological polar surface area (TPSA) is 120 Å². The molecule has 1 aromatic heterocycles. The van der Waals surface area contributed by atoms with Crippen molar-refractivity contribution >= 4 is 17.2 Å². The maximum atomic E-state index is 12.2. The second kappa shape index (κ2) is 8.37. The predicted molar refractivity (Wildman–Crippen MR) is 115 cm³/mol. The van der Waals surface area contributed by atoms with Crippen LogP contribution in [0.15, 0.2) is 52.7 Å². The number of benzene rings is 1. The van der Waals surface area contributed by atoms with Crippen LogP contribution in [0.3, 0.4) is 0 Å². The molecule has 1 aromatic carbocycles. The molecule has 1 saturated carbocycles. The molecule has 0 radical (unpaired) electrons. The Balaban J connectivity index is 1.64. The van der Waals surface area contributed by atoms with E-state index >= 15 is 0 Å². The van der Waals surface area contributed by atoms with Gasteiger partial charge in [-0.15, -0.1) is 5.11 Å². The van der Waals surface area contributed by atoms with E-state index < -0.39 is 11.5 Å². The van der Waals surface area contributed by atoms with Crippen molar-refractivity contribution in [1.29, 1.82) is 0 Å². The van der Waals surface area contributed by atoms with Crippen molar-refractivity contribution in [3.05, 3.63) is 53.8 Å². The number of carbonyl (C=O) groups is 1. The number of phenolic OH excluding ortho intramolecular Hbond substituents is 1. The van der Waals surface area contributed by atoms with Gasteiger partial charge < -0.3 is 15.3 Å². The zero-order chi connectivity index (χ0) is 22.0. The summed E-state index contributed by atoms with van der Waals surface area (Å²) in [7, 11) is 0. The lowest BCUT2D eigenvalue weighted by molar-refractivity contribution is -0.141. The number of hydrogen-bond acceptors (Lipinski definition) is 6. The molecule has 8 heteroatoms. The number of carboxylic acid groups (broad SMARTS) is 1. The summed E-state index contributed by atoms with van der Waals surface area (Å²) in [5.41, 5.74) is 0.248. The molecule has 0 amide bonds. The normalized spacial score (nSPS) is 22.0. The Labute approximate surface area is 180 Å². The summed E-state index contributed by atoms with van der Waals surface area (Å²) in [6.07, 6.45) is 10.1. The molecule has 2 aliphatic rings. The van der Waals surface area contributed by atoms with Gasteiger partial charge in [0.2, 0.25) is 11.4 Å². The molecule has 2 aromatic rings. The Morgan fingerprint density at radius 3 is 2.65 bits per heavy atom. The number of rotatable bonds is 5. The van der Waals surface area contributed by atoms with E-state index in [0.29, 0.717) is 16.8 Å². The van der Waals surface area contributed by atoms with E-state index in [1.165, 1.54) is 12.5 Å². The van der Waals surface area contributed by atoms with E-state index in [2.05, 4.69) is 15.3 Å². The number of allylic oxidation sites excluding steroid dienone is 2. The van der Waals surface area contributed by atoms with Gasteiger partial charge in [0.15, 0.2) is 5.69 Å². The van der Waals surface area contributed by atoms with E-state index in [1.54, 1.807) is 48.0 Å². The molecule has 4 rings (SSSR count). The van der Waals surface area contributed by atoms with Gasteiger partial charge in [0.05, 0.1) is 11.7 Å². The first kappa shape index (κ1) is 20.8. The van der Waals surface area contributed by atoms with Gasteiger partial charge in [-0.25, -0.2) is 9.48 Å². The monoisotopic (exact) mass is 422 g/mol. The van der Waals surface area contributed by atoms with Gasteiger partial charge >= 0.3 is 5.97 Å². The van der Waals surface area contributed by atoms with Crippen LogP contribution in [0.1, 0.15) is 55.8 Å².